The molecule has 8 heteroatoms. The van der Waals surface area contributed by atoms with Crippen molar-refractivity contribution < 1.29 is 14.0 Å². The van der Waals surface area contributed by atoms with Gasteiger partial charge in [-0.25, -0.2) is 9.97 Å². The lowest BCUT2D eigenvalue weighted by Crippen LogP contribution is -2.43. The fourth-order valence-electron chi connectivity index (χ4n) is 4.36. The second-order valence-electron chi connectivity index (χ2n) is 14.6. The first-order chi connectivity index (χ1) is 21.4. The fraction of sp³-hybridized carbons (Fsp3) is 0.342. The number of carbonyl (C=O) groups is 1. The van der Waals surface area contributed by atoms with E-state index in [0.29, 0.717) is 17.2 Å². The van der Waals surface area contributed by atoms with Crippen LogP contribution in [0.1, 0.15) is 57.0 Å². The van der Waals surface area contributed by atoms with Gasteiger partial charge >= 0.3 is 0 Å². The highest BCUT2D eigenvalue weighted by Gasteiger charge is 2.39. The minimum atomic E-state index is -2.32. The van der Waals surface area contributed by atoms with Crippen LogP contribution in [-0.4, -0.2) is 37.3 Å². The standard InChI is InChI=1S/C38H47N3O3Si2/c1-37(2,3)46(8,9)44-32-22-20-31(21-23-32)34-27-39-36(33(40-34)24-19-28-13-11-10-12-14-28)41-35(42)25-29-15-17-30(18-16-29)26-38(4,5)45(6,7)43/h10-18,20-23,27,43H,25-26H2,1-9H3,(H,39,41,42). The van der Waals surface area contributed by atoms with E-state index in [1.165, 1.54) is 0 Å². The summed E-state index contributed by atoms with van der Waals surface area (Å²) >= 11 is 0. The zero-order chi connectivity index (χ0) is 33.8. The molecule has 0 unspecified atom stereocenters. The van der Waals surface area contributed by atoms with Gasteiger partial charge < -0.3 is 14.5 Å². The number of carbonyl (C=O) groups excluding carboxylic acids is 1. The molecule has 0 aliphatic rings. The number of hydrogen-bond donors (Lipinski definition) is 2. The third-order valence-corrected chi connectivity index (χ3v) is 17.0. The Morgan fingerprint density at radius 3 is 2.04 bits per heavy atom. The normalized spacial score (nSPS) is 12.2. The minimum Gasteiger partial charge on any atom is -0.544 e. The second-order valence-corrected chi connectivity index (χ2v) is 23.8. The van der Waals surface area contributed by atoms with Crippen molar-refractivity contribution in [2.45, 2.75) is 83.7 Å². The molecule has 0 spiro atoms. The van der Waals surface area contributed by atoms with Crippen molar-refractivity contribution in [2.75, 3.05) is 5.32 Å². The summed E-state index contributed by atoms with van der Waals surface area (Å²) in [4.78, 5) is 33.3. The Kier molecular flexibility index (Phi) is 10.4. The van der Waals surface area contributed by atoms with Crippen LogP contribution in [0.25, 0.3) is 11.3 Å². The van der Waals surface area contributed by atoms with Crippen molar-refractivity contribution >= 4 is 28.4 Å². The van der Waals surface area contributed by atoms with E-state index in [-0.39, 0.29) is 22.4 Å². The van der Waals surface area contributed by atoms with Gasteiger partial charge in [0, 0.05) is 11.1 Å². The van der Waals surface area contributed by atoms with Crippen molar-refractivity contribution in [3.05, 3.63) is 107 Å². The Morgan fingerprint density at radius 1 is 0.848 bits per heavy atom. The highest BCUT2D eigenvalue weighted by atomic mass is 28.4. The molecule has 0 atom stereocenters. The van der Waals surface area contributed by atoms with Crippen LogP contribution in [-0.2, 0) is 17.6 Å². The first kappa shape index (κ1) is 34.8. The van der Waals surface area contributed by atoms with E-state index in [4.69, 9.17) is 9.41 Å². The molecule has 2 N–H and O–H groups in total. The number of amides is 1. The molecule has 0 saturated heterocycles. The molecule has 4 rings (SSSR count). The number of aromatic nitrogens is 2. The van der Waals surface area contributed by atoms with Gasteiger partial charge in [-0.2, -0.15) is 0 Å². The van der Waals surface area contributed by atoms with Gasteiger partial charge in [-0.15, -0.1) is 0 Å². The lowest BCUT2D eigenvalue weighted by molar-refractivity contribution is -0.115. The van der Waals surface area contributed by atoms with E-state index < -0.39 is 16.6 Å². The van der Waals surface area contributed by atoms with Crippen LogP contribution >= 0.6 is 0 Å². The molecule has 0 bridgehead atoms. The summed E-state index contributed by atoms with van der Waals surface area (Å²) in [5.41, 5.74) is 4.80. The molecule has 0 aliphatic carbocycles. The molecule has 3 aromatic carbocycles. The molecule has 46 heavy (non-hydrogen) atoms. The molecule has 1 amide bonds. The van der Waals surface area contributed by atoms with E-state index in [9.17, 15) is 9.59 Å². The number of benzene rings is 3. The highest BCUT2D eigenvalue weighted by Crippen LogP contribution is 2.39. The van der Waals surface area contributed by atoms with Crippen molar-refractivity contribution in [2.24, 2.45) is 0 Å². The highest BCUT2D eigenvalue weighted by molar-refractivity contribution is 6.74. The predicted octanol–water partition coefficient (Wildman–Crippen LogP) is 8.63. The van der Waals surface area contributed by atoms with Gasteiger partial charge in [0.05, 0.1) is 18.3 Å². The van der Waals surface area contributed by atoms with Crippen molar-refractivity contribution in [1.29, 1.82) is 0 Å². The molecular formula is C38H47N3O3Si2. The molecule has 6 nitrogen and oxygen atoms in total. The van der Waals surface area contributed by atoms with Crippen LogP contribution in [0.3, 0.4) is 0 Å². The first-order valence-corrected chi connectivity index (χ1v) is 21.6. The molecular weight excluding hydrogens is 603 g/mol. The lowest BCUT2D eigenvalue weighted by atomic mass is 10.00. The Balaban J connectivity index is 1.54. The average molecular weight is 650 g/mol. The van der Waals surface area contributed by atoms with Gasteiger partial charge in [-0.05, 0) is 96.1 Å². The fourth-order valence-corrected chi connectivity index (χ4v) is 6.03. The summed E-state index contributed by atoms with van der Waals surface area (Å²) < 4.78 is 6.45. The summed E-state index contributed by atoms with van der Waals surface area (Å²) in [5.74, 6) is 7.25. The monoisotopic (exact) mass is 649 g/mol. The zero-order valence-corrected chi connectivity index (χ0v) is 30.7. The third-order valence-electron chi connectivity index (χ3n) is 9.15. The molecule has 240 valence electrons. The summed E-state index contributed by atoms with van der Waals surface area (Å²) in [7, 11) is -4.28. The molecule has 0 fully saturated rings. The number of nitrogens with zero attached hydrogens (tertiary/aromatic N) is 2. The molecule has 1 aromatic heterocycles. The Labute approximate surface area is 277 Å². The number of nitrogens with one attached hydrogen (secondary N) is 1. The smallest absolute Gasteiger partial charge is 0.250 e. The van der Waals surface area contributed by atoms with Crippen LogP contribution in [0.15, 0.2) is 85.1 Å². The van der Waals surface area contributed by atoms with Gasteiger partial charge in [0.25, 0.3) is 0 Å². The van der Waals surface area contributed by atoms with Gasteiger partial charge in [0.1, 0.15) is 5.75 Å². The SMILES string of the molecule is CC(C)(Cc1ccc(CC(=O)Nc2ncc(-c3ccc(O[Si](C)(C)C(C)(C)C)cc3)nc2C#Cc2ccccc2)cc1)[Si](C)(C)O. The van der Waals surface area contributed by atoms with E-state index in [2.05, 4.69) is 69.9 Å². The summed E-state index contributed by atoms with van der Waals surface area (Å²) in [5, 5.41) is 2.88. The van der Waals surface area contributed by atoms with Crippen molar-refractivity contribution in [1.82, 2.24) is 9.97 Å². The van der Waals surface area contributed by atoms with Crippen LogP contribution in [0.2, 0.25) is 36.3 Å². The van der Waals surface area contributed by atoms with E-state index >= 15 is 0 Å². The molecule has 0 radical (unpaired) electrons. The van der Waals surface area contributed by atoms with E-state index in [0.717, 1.165) is 34.4 Å². The zero-order valence-electron chi connectivity index (χ0n) is 28.7. The third kappa shape index (κ3) is 9.03. The summed E-state index contributed by atoms with van der Waals surface area (Å²) in [6, 6.07) is 25.6. The van der Waals surface area contributed by atoms with Crippen LogP contribution in [0.5, 0.6) is 5.75 Å². The van der Waals surface area contributed by atoms with Gasteiger partial charge in [0.15, 0.2) is 19.8 Å². The Hall–Kier alpha value is -4.04. The predicted molar refractivity (Wildman–Crippen MR) is 194 cm³/mol. The maximum atomic E-state index is 13.2. The Bertz CT molecular complexity index is 1710. The van der Waals surface area contributed by atoms with Crippen molar-refractivity contribution in [3.63, 3.8) is 0 Å². The average Bonchev–Trinajstić information content (AvgIpc) is 2.97. The number of anilines is 1. The molecule has 1 heterocycles. The summed E-state index contributed by atoms with van der Waals surface area (Å²) in [6.07, 6.45) is 2.64. The first-order valence-electron chi connectivity index (χ1n) is 15.8. The van der Waals surface area contributed by atoms with E-state index in [1.807, 2.05) is 92.0 Å². The number of rotatable bonds is 9. The van der Waals surface area contributed by atoms with Crippen LogP contribution in [0.4, 0.5) is 5.82 Å². The lowest BCUT2D eigenvalue weighted by Gasteiger charge is -2.36. The minimum absolute atomic E-state index is 0.101. The van der Waals surface area contributed by atoms with E-state index in [1.54, 1.807) is 6.20 Å². The quantitative estimate of drug-likeness (QED) is 0.140. The second kappa shape index (κ2) is 13.8. The summed E-state index contributed by atoms with van der Waals surface area (Å²) in [6.45, 7) is 19.3. The van der Waals surface area contributed by atoms with Crippen molar-refractivity contribution in [3.8, 4) is 28.8 Å². The number of hydrogen-bond acceptors (Lipinski definition) is 5. The largest absolute Gasteiger partial charge is 0.544 e. The van der Waals surface area contributed by atoms with Crippen LogP contribution in [0, 0.1) is 11.8 Å². The maximum Gasteiger partial charge on any atom is 0.250 e. The molecule has 4 aromatic rings. The maximum absolute atomic E-state index is 13.2. The molecule has 0 saturated carbocycles. The topological polar surface area (TPSA) is 84.3 Å². The van der Waals surface area contributed by atoms with Crippen LogP contribution < -0.4 is 9.74 Å². The molecule has 0 aliphatic heterocycles. The van der Waals surface area contributed by atoms with Gasteiger partial charge in [0.2, 0.25) is 14.2 Å². The Morgan fingerprint density at radius 2 is 1.46 bits per heavy atom. The van der Waals surface area contributed by atoms with Gasteiger partial charge in [-0.1, -0.05) is 83.0 Å². The van der Waals surface area contributed by atoms with Gasteiger partial charge in [-0.3, -0.25) is 4.79 Å².